The molecule has 134 valence electrons. The molecule has 1 fully saturated rings. The molecule has 1 amide bonds. The summed E-state index contributed by atoms with van der Waals surface area (Å²) >= 11 is 0. The van der Waals surface area contributed by atoms with Gasteiger partial charge in [0.2, 0.25) is 5.91 Å². The normalized spacial score (nSPS) is 14.8. The van der Waals surface area contributed by atoms with Crippen molar-refractivity contribution in [2.45, 2.75) is 32.4 Å². The van der Waals surface area contributed by atoms with Crippen LogP contribution in [0.1, 0.15) is 29.7 Å². The molecule has 26 heavy (non-hydrogen) atoms. The number of likely N-dealkylation sites (tertiary alicyclic amines) is 1. The second kappa shape index (κ2) is 7.70. The van der Waals surface area contributed by atoms with Gasteiger partial charge in [0.15, 0.2) is 5.58 Å². The monoisotopic (exact) mass is 349 g/mol. The van der Waals surface area contributed by atoms with Crippen molar-refractivity contribution in [1.82, 2.24) is 15.4 Å². The summed E-state index contributed by atoms with van der Waals surface area (Å²) in [6.45, 7) is 3.95. The average molecular weight is 349 g/mol. The molecule has 1 aliphatic rings. The van der Waals surface area contributed by atoms with Crippen LogP contribution in [-0.2, 0) is 24.3 Å². The number of amides is 1. The molecule has 0 spiro atoms. The zero-order valence-electron chi connectivity index (χ0n) is 14.8. The first-order valence-corrected chi connectivity index (χ1v) is 9.18. The summed E-state index contributed by atoms with van der Waals surface area (Å²) in [5.41, 5.74) is 3.83. The lowest BCUT2D eigenvalue weighted by atomic mass is 10.1. The van der Waals surface area contributed by atoms with Crippen molar-refractivity contribution in [2.75, 3.05) is 13.1 Å². The number of para-hydroxylation sites is 1. The van der Waals surface area contributed by atoms with Crippen LogP contribution >= 0.6 is 0 Å². The van der Waals surface area contributed by atoms with E-state index in [0.717, 1.165) is 17.5 Å². The van der Waals surface area contributed by atoms with Gasteiger partial charge in [-0.2, -0.15) is 0 Å². The van der Waals surface area contributed by atoms with Gasteiger partial charge in [0, 0.05) is 18.5 Å². The van der Waals surface area contributed by atoms with Crippen LogP contribution in [0.25, 0.3) is 11.0 Å². The van der Waals surface area contributed by atoms with E-state index in [4.69, 9.17) is 4.52 Å². The Bertz CT molecular complexity index is 880. The first kappa shape index (κ1) is 16.8. The third-order valence-electron chi connectivity index (χ3n) is 4.90. The summed E-state index contributed by atoms with van der Waals surface area (Å²) in [6.07, 6.45) is 2.85. The van der Waals surface area contributed by atoms with Gasteiger partial charge in [-0.1, -0.05) is 41.6 Å². The Morgan fingerprint density at radius 1 is 1.04 bits per heavy atom. The molecular weight excluding hydrogens is 326 g/mol. The molecular formula is C21H23N3O2. The van der Waals surface area contributed by atoms with Gasteiger partial charge in [-0.15, -0.1) is 0 Å². The fourth-order valence-electron chi connectivity index (χ4n) is 3.44. The predicted octanol–water partition coefficient (Wildman–Crippen LogP) is 3.28. The molecule has 1 aliphatic heterocycles. The number of rotatable bonds is 6. The van der Waals surface area contributed by atoms with Crippen LogP contribution in [0.5, 0.6) is 0 Å². The summed E-state index contributed by atoms with van der Waals surface area (Å²) in [5, 5.41) is 7.87. The highest BCUT2D eigenvalue weighted by atomic mass is 16.5. The zero-order chi connectivity index (χ0) is 17.8. The van der Waals surface area contributed by atoms with Gasteiger partial charge in [0.1, 0.15) is 5.69 Å². The first-order chi connectivity index (χ1) is 12.8. The molecule has 0 atom stereocenters. The minimum Gasteiger partial charge on any atom is -0.356 e. The largest absolute Gasteiger partial charge is 0.356 e. The Kier molecular flexibility index (Phi) is 4.97. The molecule has 5 heteroatoms. The maximum absolute atomic E-state index is 12.2. The molecule has 0 aliphatic carbocycles. The number of carbonyl (C=O) groups is 1. The van der Waals surface area contributed by atoms with Gasteiger partial charge in [-0.05, 0) is 49.2 Å². The molecule has 1 N–H and O–H groups in total. The Morgan fingerprint density at radius 2 is 1.77 bits per heavy atom. The maximum Gasteiger partial charge on any atom is 0.226 e. The Labute approximate surface area is 153 Å². The number of hydrogen-bond acceptors (Lipinski definition) is 4. The number of fused-ring (bicyclic) bond motifs is 1. The fourth-order valence-corrected chi connectivity index (χ4v) is 3.44. The van der Waals surface area contributed by atoms with Crippen molar-refractivity contribution in [3.63, 3.8) is 0 Å². The number of carbonyl (C=O) groups excluding carboxylic acids is 1. The van der Waals surface area contributed by atoms with E-state index >= 15 is 0 Å². The fraction of sp³-hybridized carbons (Fsp3) is 0.333. The van der Waals surface area contributed by atoms with Crippen LogP contribution in [0.15, 0.2) is 53.1 Å². The summed E-state index contributed by atoms with van der Waals surface area (Å²) in [5.74, 6) is -0.0507. The van der Waals surface area contributed by atoms with Crippen molar-refractivity contribution >= 4 is 16.9 Å². The van der Waals surface area contributed by atoms with Crippen molar-refractivity contribution in [1.29, 1.82) is 0 Å². The quantitative estimate of drug-likeness (QED) is 0.742. The minimum absolute atomic E-state index is 0.0507. The second-order valence-electron chi connectivity index (χ2n) is 6.88. The molecule has 2 heterocycles. The van der Waals surface area contributed by atoms with Gasteiger partial charge in [-0.25, -0.2) is 0 Å². The van der Waals surface area contributed by atoms with Crippen molar-refractivity contribution < 1.29 is 9.32 Å². The molecule has 0 unspecified atom stereocenters. The molecule has 0 radical (unpaired) electrons. The van der Waals surface area contributed by atoms with E-state index in [9.17, 15) is 4.79 Å². The summed E-state index contributed by atoms with van der Waals surface area (Å²) < 4.78 is 5.25. The average Bonchev–Trinajstić information content (AvgIpc) is 3.32. The number of nitrogens with zero attached hydrogens (tertiary/aromatic N) is 2. The standard InChI is InChI=1S/C21H23N3O2/c25-21(13-19-18-5-1-2-6-20(18)26-23-19)22-14-16-7-9-17(10-8-16)15-24-11-3-4-12-24/h1-2,5-10H,3-4,11-15H2,(H,22,25). The van der Waals surface area contributed by atoms with Gasteiger partial charge in [0.05, 0.1) is 6.42 Å². The van der Waals surface area contributed by atoms with E-state index in [2.05, 4.69) is 39.6 Å². The lowest BCUT2D eigenvalue weighted by molar-refractivity contribution is -0.120. The van der Waals surface area contributed by atoms with E-state index in [1.54, 1.807) is 0 Å². The van der Waals surface area contributed by atoms with Crippen LogP contribution in [0.3, 0.4) is 0 Å². The van der Waals surface area contributed by atoms with E-state index < -0.39 is 0 Å². The summed E-state index contributed by atoms with van der Waals surface area (Å²) in [4.78, 5) is 14.7. The summed E-state index contributed by atoms with van der Waals surface area (Å²) in [6, 6.07) is 16.1. The van der Waals surface area contributed by atoms with Gasteiger partial charge in [-0.3, -0.25) is 9.69 Å². The smallest absolute Gasteiger partial charge is 0.226 e. The molecule has 2 aromatic carbocycles. The third kappa shape index (κ3) is 3.94. The van der Waals surface area contributed by atoms with E-state index in [1.807, 2.05) is 24.3 Å². The number of benzene rings is 2. The Morgan fingerprint density at radius 3 is 2.58 bits per heavy atom. The lowest BCUT2D eigenvalue weighted by Gasteiger charge is -2.14. The van der Waals surface area contributed by atoms with Crippen molar-refractivity contribution in [3.05, 3.63) is 65.4 Å². The molecule has 4 rings (SSSR count). The minimum atomic E-state index is -0.0507. The predicted molar refractivity (Wildman–Crippen MR) is 101 cm³/mol. The van der Waals surface area contributed by atoms with E-state index in [1.165, 1.54) is 31.5 Å². The van der Waals surface area contributed by atoms with Crippen LogP contribution in [0.4, 0.5) is 0 Å². The van der Waals surface area contributed by atoms with Crippen molar-refractivity contribution in [3.8, 4) is 0 Å². The van der Waals surface area contributed by atoms with Crippen molar-refractivity contribution in [2.24, 2.45) is 0 Å². The molecule has 0 bridgehead atoms. The number of hydrogen-bond donors (Lipinski definition) is 1. The highest BCUT2D eigenvalue weighted by Gasteiger charge is 2.13. The summed E-state index contributed by atoms with van der Waals surface area (Å²) in [7, 11) is 0. The topological polar surface area (TPSA) is 58.4 Å². The second-order valence-corrected chi connectivity index (χ2v) is 6.88. The number of nitrogens with one attached hydrogen (secondary N) is 1. The Hall–Kier alpha value is -2.66. The maximum atomic E-state index is 12.2. The molecule has 3 aromatic rings. The van der Waals surface area contributed by atoms with Gasteiger partial charge >= 0.3 is 0 Å². The van der Waals surface area contributed by atoms with E-state index in [-0.39, 0.29) is 12.3 Å². The van der Waals surface area contributed by atoms with Crippen LogP contribution in [-0.4, -0.2) is 29.1 Å². The van der Waals surface area contributed by atoms with Crippen LogP contribution in [0.2, 0.25) is 0 Å². The van der Waals surface area contributed by atoms with Gasteiger partial charge < -0.3 is 9.84 Å². The highest BCUT2D eigenvalue weighted by molar-refractivity contribution is 5.86. The van der Waals surface area contributed by atoms with Crippen LogP contribution < -0.4 is 5.32 Å². The van der Waals surface area contributed by atoms with E-state index in [0.29, 0.717) is 17.8 Å². The lowest BCUT2D eigenvalue weighted by Crippen LogP contribution is -2.24. The first-order valence-electron chi connectivity index (χ1n) is 9.18. The highest BCUT2D eigenvalue weighted by Crippen LogP contribution is 2.18. The molecule has 1 saturated heterocycles. The number of aromatic nitrogens is 1. The van der Waals surface area contributed by atoms with Gasteiger partial charge in [0.25, 0.3) is 0 Å². The molecule has 0 saturated carbocycles. The van der Waals surface area contributed by atoms with Crippen LogP contribution in [0, 0.1) is 0 Å². The SMILES string of the molecule is O=C(Cc1noc2ccccc12)NCc1ccc(CN2CCCC2)cc1. The molecule has 1 aromatic heterocycles. The third-order valence-corrected chi connectivity index (χ3v) is 4.90. The zero-order valence-corrected chi connectivity index (χ0v) is 14.8. The Balaban J connectivity index is 1.30. The molecule has 5 nitrogen and oxygen atoms in total.